The van der Waals surface area contributed by atoms with E-state index in [0.29, 0.717) is 0 Å². The van der Waals surface area contributed by atoms with E-state index in [1.54, 1.807) is 6.92 Å². The van der Waals surface area contributed by atoms with Crippen LogP contribution in [0, 0.1) is 5.82 Å². The number of nitrogens with one attached hydrogen (secondary N) is 1. The lowest BCUT2D eigenvalue weighted by Gasteiger charge is -2.10. The van der Waals surface area contributed by atoms with Crippen LogP contribution in [0.2, 0.25) is 0 Å². The first-order valence-corrected chi connectivity index (χ1v) is 8.96. The molecular weight excluding hydrogens is 391 g/mol. The van der Waals surface area contributed by atoms with Crippen molar-refractivity contribution in [3.63, 3.8) is 0 Å². The van der Waals surface area contributed by atoms with E-state index in [9.17, 15) is 18.8 Å². The smallest absolute Gasteiger partial charge is 0.341 e. The molecule has 28 heavy (non-hydrogen) atoms. The number of carbonyl (C=O) groups is 3. The molecule has 0 aliphatic heterocycles. The molecule has 1 amide bonds. The fourth-order valence-corrected chi connectivity index (χ4v) is 3.36. The quantitative estimate of drug-likeness (QED) is 0.673. The topological polar surface area (TPSA) is 117 Å². The van der Waals surface area contributed by atoms with Gasteiger partial charge in [0.15, 0.2) is 0 Å². The summed E-state index contributed by atoms with van der Waals surface area (Å²) < 4.78 is 29.0. The molecule has 0 spiro atoms. The average Bonchev–Trinajstić information content (AvgIpc) is 3.01. The van der Waals surface area contributed by atoms with Gasteiger partial charge >= 0.3 is 11.9 Å². The number of hydrogen-bond donors (Lipinski definition) is 2. The summed E-state index contributed by atoms with van der Waals surface area (Å²) in [5, 5.41) is 2.48. The van der Waals surface area contributed by atoms with Gasteiger partial charge in [-0.25, -0.2) is 14.0 Å². The highest BCUT2D eigenvalue weighted by atomic mass is 32.1. The van der Waals surface area contributed by atoms with Gasteiger partial charge in [0, 0.05) is 18.7 Å². The van der Waals surface area contributed by atoms with E-state index in [2.05, 4.69) is 5.32 Å². The lowest BCUT2D eigenvalue weighted by Crippen LogP contribution is -2.20. The maximum Gasteiger partial charge on any atom is 0.341 e. The fraction of sp³-hybridized carbons (Fsp3) is 0.278. The minimum absolute atomic E-state index is 0.0477. The summed E-state index contributed by atoms with van der Waals surface area (Å²) in [4.78, 5) is 36.7. The molecule has 3 N–H and O–H groups in total. The largest absolute Gasteiger partial charge is 0.497 e. The zero-order valence-corrected chi connectivity index (χ0v) is 16.3. The second-order valence-electron chi connectivity index (χ2n) is 5.37. The van der Waals surface area contributed by atoms with Crippen molar-refractivity contribution in [3.8, 4) is 5.75 Å². The first-order chi connectivity index (χ1) is 13.3. The van der Waals surface area contributed by atoms with Gasteiger partial charge in [-0.1, -0.05) is 0 Å². The number of rotatable bonds is 7. The van der Waals surface area contributed by atoms with Crippen LogP contribution in [0.1, 0.15) is 42.9 Å². The van der Waals surface area contributed by atoms with Gasteiger partial charge in [0.1, 0.15) is 33.6 Å². The Hall–Kier alpha value is -3.14. The SMILES string of the molecule is CCOC(=O)c1c(N)sc(C(=O)NC)c1COC(=O)c1ccc(OC)cc1F. The maximum absolute atomic E-state index is 14.1. The molecule has 0 saturated heterocycles. The molecular formula is C18H19FN2O6S. The summed E-state index contributed by atoms with van der Waals surface area (Å²) in [7, 11) is 2.77. The zero-order valence-electron chi connectivity index (χ0n) is 15.5. The summed E-state index contributed by atoms with van der Waals surface area (Å²) in [6.07, 6.45) is 0. The zero-order chi connectivity index (χ0) is 20.8. The molecule has 0 fully saturated rings. The molecule has 0 unspecified atom stereocenters. The van der Waals surface area contributed by atoms with Crippen molar-refractivity contribution < 1.29 is 33.0 Å². The lowest BCUT2D eigenvalue weighted by atomic mass is 10.1. The molecule has 150 valence electrons. The summed E-state index contributed by atoms with van der Waals surface area (Å²) >= 11 is 0.866. The van der Waals surface area contributed by atoms with Crippen LogP contribution >= 0.6 is 11.3 Å². The van der Waals surface area contributed by atoms with Gasteiger partial charge in [-0.15, -0.1) is 11.3 Å². The molecule has 0 bridgehead atoms. The van der Waals surface area contributed by atoms with Crippen molar-refractivity contribution in [1.82, 2.24) is 5.32 Å². The summed E-state index contributed by atoms with van der Waals surface area (Å²) in [6, 6.07) is 3.66. The number of ether oxygens (including phenoxy) is 3. The van der Waals surface area contributed by atoms with Crippen LogP contribution < -0.4 is 15.8 Å². The minimum atomic E-state index is -0.970. The Labute approximate surface area is 164 Å². The predicted molar refractivity (Wildman–Crippen MR) is 100 cm³/mol. The van der Waals surface area contributed by atoms with Crippen molar-refractivity contribution in [2.45, 2.75) is 13.5 Å². The van der Waals surface area contributed by atoms with E-state index < -0.39 is 30.3 Å². The molecule has 2 aromatic rings. The van der Waals surface area contributed by atoms with E-state index in [1.807, 2.05) is 0 Å². The van der Waals surface area contributed by atoms with Crippen LogP contribution in [0.25, 0.3) is 0 Å². The van der Waals surface area contributed by atoms with E-state index in [-0.39, 0.29) is 38.9 Å². The second-order valence-corrected chi connectivity index (χ2v) is 6.42. The monoisotopic (exact) mass is 410 g/mol. The van der Waals surface area contributed by atoms with E-state index in [1.165, 1.54) is 26.3 Å². The molecule has 1 aromatic carbocycles. The summed E-state index contributed by atoms with van der Waals surface area (Å²) in [5.41, 5.74) is 5.60. The average molecular weight is 410 g/mol. The van der Waals surface area contributed by atoms with Crippen molar-refractivity contribution >= 4 is 34.2 Å². The Bertz CT molecular complexity index is 912. The number of esters is 2. The van der Waals surface area contributed by atoms with E-state index in [0.717, 1.165) is 17.4 Å². The summed E-state index contributed by atoms with van der Waals surface area (Å²) in [5.74, 6) is -2.80. The van der Waals surface area contributed by atoms with Crippen molar-refractivity contribution in [3.05, 3.63) is 45.6 Å². The normalized spacial score (nSPS) is 10.3. The van der Waals surface area contributed by atoms with Crippen molar-refractivity contribution in [2.75, 3.05) is 26.5 Å². The number of anilines is 1. The Morgan fingerprint density at radius 1 is 1.21 bits per heavy atom. The molecule has 1 aromatic heterocycles. The first-order valence-electron chi connectivity index (χ1n) is 8.14. The number of carbonyl (C=O) groups excluding carboxylic acids is 3. The number of thiophene rings is 1. The van der Waals surface area contributed by atoms with Crippen LogP contribution in [-0.2, 0) is 16.1 Å². The Kier molecular flexibility index (Phi) is 6.94. The maximum atomic E-state index is 14.1. The third-order valence-corrected chi connectivity index (χ3v) is 4.75. The van der Waals surface area contributed by atoms with Crippen LogP contribution in [0.3, 0.4) is 0 Å². The number of benzene rings is 1. The Morgan fingerprint density at radius 3 is 2.50 bits per heavy atom. The third kappa shape index (κ3) is 4.39. The van der Waals surface area contributed by atoms with Gasteiger partial charge < -0.3 is 25.3 Å². The fourth-order valence-electron chi connectivity index (χ4n) is 2.35. The predicted octanol–water partition coefficient (Wildman–Crippen LogP) is 2.37. The number of nitrogens with two attached hydrogens (primary N) is 1. The van der Waals surface area contributed by atoms with Gasteiger partial charge in [0.25, 0.3) is 5.91 Å². The minimum Gasteiger partial charge on any atom is -0.497 e. The lowest BCUT2D eigenvalue weighted by molar-refractivity contribution is 0.0445. The highest BCUT2D eigenvalue weighted by Gasteiger charge is 2.28. The van der Waals surface area contributed by atoms with Gasteiger partial charge in [-0.05, 0) is 19.1 Å². The number of methoxy groups -OCH3 is 1. The van der Waals surface area contributed by atoms with Crippen LogP contribution in [0.15, 0.2) is 18.2 Å². The molecule has 0 aliphatic rings. The Morgan fingerprint density at radius 2 is 1.93 bits per heavy atom. The van der Waals surface area contributed by atoms with Gasteiger partial charge in [-0.3, -0.25) is 4.79 Å². The highest BCUT2D eigenvalue weighted by molar-refractivity contribution is 7.18. The molecule has 8 nitrogen and oxygen atoms in total. The number of nitrogen functional groups attached to an aromatic ring is 1. The van der Waals surface area contributed by atoms with Crippen molar-refractivity contribution in [1.29, 1.82) is 0 Å². The number of halogens is 1. The van der Waals surface area contributed by atoms with Crippen molar-refractivity contribution in [2.24, 2.45) is 0 Å². The van der Waals surface area contributed by atoms with Gasteiger partial charge in [0.2, 0.25) is 0 Å². The van der Waals surface area contributed by atoms with Gasteiger partial charge in [-0.2, -0.15) is 0 Å². The standard InChI is InChI=1S/C18H19FN2O6S/c1-4-26-18(24)13-11(14(16(22)21-2)28-15(13)20)8-27-17(23)10-6-5-9(25-3)7-12(10)19/h5-7H,4,8,20H2,1-3H3,(H,21,22). The molecule has 0 atom stereocenters. The number of hydrogen-bond acceptors (Lipinski definition) is 8. The molecule has 1 heterocycles. The molecule has 0 aliphatic carbocycles. The number of amides is 1. The van der Waals surface area contributed by atoms with E-state index in [4.69, 9.17) is 19.9 Å². The first kappa shape index (κ1) is 21.2. The molecule has 0 radical (unpaired) electrons. The third-order valence-electron chi connectivity index (χ3n) is 3.69. The molecule has 2 rings (SSSR count). The summed E-state index contributed by atoms with van der Waals surface area (Å²) in [6.45, 7) is 1.25. The van der Waals surface area contributed by atoms with Crippen LogP contribution in [0.4, 0.5) is 9.39 Å². The van der Waals surface area contributed by atoms with Crippen LogP contribution in [-0.4, -0.2) is 38.6 Å². The Balaban J connectivity index is 2.32. The second kappa shape index (κ2) is 9.18. The van der Waals surface area contributed by atoms with Gasteiger partial charge in [0.05, 0.1) is 19.3 Å². The highest BCUT2D eigenvalue weighted by Crippen LogP contribution is 2.33. The van der Waals surface area contributed by atoms with E-state index >= 15 is 0 Å². The van der Waals surface area contributed by atoms with Crippen LogP contribution in [0.5, 0.6) is 5.75 Å². The molecule has 0 saturated carbocycles. The molecule has 10 heteroatoms.